The van der Waals surface area contributed by atoms with Gasteiger partial charge < -0.3 is 9.47 Å². The molecule has 3 rings (SSSR count). The molecule has 0 aromatic heterocycles. The molecule has 2 amide bonds. The highest BCUT2D eigenvalue weighted by atomic mass is 35.5. The molecule has 1 fully saturated rings. The molecule has 1 saturated heterocycles. The van der Waals surface area contributed by atoms with Gasteiger partial charge in [0.25, 0.3) is 11.8 Å². The third-order valence-corrected chi connectivity index (χ3v) is 4.79. The molecular weight excluding hydrogens is 424 g/mol. The highest BCUT2D eigenvalue weighted by molar-refractivity contribution is 7.80. The molecular formula is C22H21ClN2O4S. The highest BCUT2D eigenvalue weighted by Gasteiger charge is 2.34. The van der Waals surface area contributed by atoms with Gasteiger partial charge in [-0.25, -0.2) is 0 Å². The lowest BCUT2D eigenvalue weighted by Gasteiger charge is -2.29. The van der Waals surface area contributed by atoms with Crippen molar-refractivity contribution >= 4 is 52.5 Å². The molecule has 1 N–H and O–H groups in total. The number of carbonyl (C=O) groups excluding carboxylic acids is 2. The highest BCUT2D eigenvalue weighted by Crippen LogP contribution is 2.30. The Labute approximate surface area is 185 Å². The number of anilines is 1. The quantitative estimate of drug-likeness (QED) is 0.410. The van der Waals surface area contributed by atoms with Gasteiger partial charge in [0.2, 0.25) is 0 Å². The number of hydrogen-bond acceptors (Lipinski definition) is 5. The van der Waals surface area contributed by atoms with Crippen LogP contribution in [0.3, 0.4) is 0 Å². The van der Waals surface area contributed by atoms with Crippen molar-refractivity contribution in [3.63, 3.8) is 0 Å². The van der Waals surface area contributed by atoms with Crippen molar-refractivity contribution in [1.82, 2.24) is 5.32 Å². The van der Waals surface area contributed by atoms with E-state index in [2.05, 4.69) is 19.2 Å². The largest absolute Gasteiger partial charge is 0.493 e. The first-order valence-electron chi connectivity index (χ1n) is 9.28. The molecule has 1 heterocycles. The summed E-state index contributed by atoms with van der Waals surface area (Å²) in [4.78, 5) is 26.8. The van der Waals surface area contributed by atoms with Crippen LogP contribution in [0.2, 0.25) is 5.02 Å². The number of halogens is 1. The average Bonchev–Trinajstić information content (AvgIpc) is 2.71. The van der Waals surface area contributed by atoms with Gasteiger partial charge in [-0.3, -0.25) is 19.8 Å². The van der Waals surface area contributed by atoms with Crippen LogP contribution >= 0.6 is 23.8 Å². The van der Waals surface area contributed by atoms with Crippen LogP contribution < -0.4 is 19.7 Å². The number of benzene rings is 2. The van der Waals surface area contributed by atoms with Gasteiger partial charge in [0.1, 0.15) is 5.57 Å². The maximum atomic E-state index is 13.1. The van der Waals surface area contributed by atoms with Crippen molar-refractivity contribution in [3.05, 3.63) is 58.6 Å². The summed E-state index contributed by atoms with van der Waals surface area (Å²) in [5, 5.41) is 3.10. The smallest absolute Gasteiger partial charge is 0.270 e. The first-order chi connectivity index (χ1) is 14.3. The van der Waals surface area contributed by atoms with Crippen molar-refractivity contribution in [2.75, 3.05) is 18.6 Å². The topological polar surface area (TPSA) is 67.9 Å². The first kappa shape index (κ1) is 21.8. The second-order valence-corrected chi connectivity index (χ2v) is 7.87. The summed E-state index contributed by atoms with van der Waals surface area (Å²) in [6, 6.07) is 11.8. The molecule has 0 atom stereocenters. The van der Waals surface area contributed by atoms with E-state index in [-0.39, 0.29) is 10.7 Å². The summed E-state index contributed by atoms with van der Waals surface area (Å²) in [6.07, 6.45) is 1.50. The van der Waals surface area contributed by atoms with Gasteiger partial charge in [-0.2, -0.15) is 0 Å². The predicted octanol–water partition coefficient (Wildman–Crippen LogP) is 4.21. The summed E-state index contributed by atoms with van der Waals surface area (Å²) < 4.78 is 11.1. The molecule has 6 nitrogen and oxygen atoms in total. The Morgan fingerprint density at radius 2 is 1.83 bits per heavy atom. The average molecular weight is 445 g/mol. The lowest BCUT2D eigenvalue weighted by molar-refractivity contribution is -0.122. The molecule has 156 valence electrons. The van der Waals surface area contributed by atoms with Crippen molar-refractivity contribution < 1.29 is 19.1 Å². The summed E-state index contributed by atoms with van der Waals surface area (Å²) >= 11 is 11.1. The van der Waals surface area contributed by atoms with E-state index in [9.17, 15) is 9.59 Å². The van der Waals surface area contributed by atoms with Crippen molar-refractivity contribution in [2.45, 2.75) is 13.8 Å². The molecule has 8 heteroatoms. The van der Waals surface area contributed by atoms with Gasteiger partial charge in [-0.05, 0) is 66.2 Å². The van der Waals surface area contributed by atoms with Crippen LogP contribution in [-0.4, -0.2) is 30.6 Å². The van der Waals surface area contributed by atoms with Crippen LogP contribution in [0.15, 0.2) is 48.0 Å². The zero-order valence-corrected chi connectivity index (χ0v) is 18.3. The van der Waals surface area contributed by atoms with Crippen molar-refractivity contribution in [3.8, 4) is 11.5 Å². The first-order valence-corrected chi connectivity index (χ1v) is 10.1. The zero-order valence-electron chi connectivity index (χ0n) is 16.8. The fraction of sp³-hybridized carbons (Fsp3) is 0.227. The number of rotatable bonds is 6. The van der Waals surface area contributed by atoms with Gasteiger partial charge >= 0.3 is 0 Å². The number of nitrogens with one attached hydrogen (secondary N) is 1. The minimum Gasteiger partial charge on any atom is -0.493 e. The summed E-state index contributed by atoms with van der Waals surface area (Å²) in [6.45, 7) is 4.65. The number of methoxy groups -OCH3 is 1. The number of amides is 2. The standard InChI is InChI=1S/C22H21ClN2O4S/c1-13(2)12-29-18-9-4-14(11-19(18)28-3)10-17-20(26)24-22(30)25(21(17)27)16-7-5-15(23)6-8-16/h4-11,13H,12H2,1-3H3,(H,24,26,30)/b17-10-. The zero-order chi connectivity index (χ0) is 21.8. The Kier molecular flexibility index (Phi) is 6.74. The minimum atomic E-state index is -0.561. The van der Waals surface area contributed by atoms with Crippen LogP contribution in [0.5, 0.6) is 11.5 Å². The third-order valence-electron chi connectivity index (χ3n) is 4.26. The van der Waals surface area contributed by atoms with Gasteiger partial charge in [-0.1, -0.05) is 31.5 Å². The van der Waals surface area contributed by atoms with E-state index >= 15 is 0 Å². The third kappa shape index (κ3) is 4.80. The normalized spacial score (nSPS) is 15.6. The predicted molar refractivity (Wildman–Crippen MR) is 121 cm³/mol. The molecule has 2 aromatic carbocycles. The van der Waals surface area contributed by atoms with E-state index in [0.29, 0.717) is 40.3 Å². The summed E-state index contributed by atoms with van der Waals surface area (Å²) in [5.74, 6) is 0.387. The number of thiocarbonyl (C=S) groups is 1. The fourth-order valence-corrected chi connectivity index (χ4v) is 3.21. The maximum absolute atomic E-state index is 13.1. The molecule has 30 heavy (non-hydrogen) atoms. The Balaban J connectivity index is 1.93. The van der Waals surface area contributed by atoms with E-state index in [1.54, 1.807) is 42.5 Å². The number of carbonyl (C=O) groups is 2. The SMILES string of the molecule is COc1cc(/C=C2/C(=O)NC(=S)N(c3ccc(Cl)cc3)C2=O)ccc1OCC(C)C. The van der Waals surface area contributed by atoms with Crippen LogP contribution in [0.25, 0.3) is 6.08 Å². The second-order valence-electron chi connectivity index (χ2n) is 7.05. The molecule has 0 bridgehead atoms. The molecule has 2 aromatic rings. The lowest BCUT2D eigenvalue weighted by Crippen LogP contribution is -2.54. The molecule has 0 spiro atoms. The number of ether oxygens (including phenoxy) is 2. The van der Waals surface area contributed by atoms with Crippen LogP contribution in [0, 0.1) is 5.92 Å². The molecule has 1 aliphatic rings. The summed E-state index contributed by atoms with van der Waals surface area (Å²) in [5.41, 5.74) is 1.08. The van der Waals surface area contributed by atoms with Gasteiger partial charge in [0.05, 0.1) is 19.4 Å². The Morgan fingerprint density at radius 3 is 2.47 bits per heavy atom. The monoisotopic (exact) mass is 444 g/mol. The molecule has 0 aliphatic carbocycles. The lowest BCUT2D eigenvalue weighted by atomic mass is 10.1. The van der Waals surface area contributed by atoms with Crippen molar-refractivity contribution in [1.29, 1.82) is 0 Å². The Hall–Kier alpha value is -2.90. The van der Waals surface area contributed by atoms with Crippen LogP contribution in [0.4, 0.5) is 5.69 Å². The number of nitrogens with zero attached hydrogens (tertiary/aromatic N) is 1. The van der Waals surface area contributed by atoms with Crippen LogP contribution in [0.1, 0.15) is 19.4 Å². The van der Waals surface area contributed by atoms with Gasteiger partial charge in [0, 0.05) is 5.02 Å². The molecule has 1 aliphatic heterocycles. The number of hydrogen-bond donors (Lipinski definition) is 1. The molecule has 0 unspecified atom stereocenters. The molecule has 0 radical (unpaired) electrons. The second kappa shape index (κ2) is 9.28. The van der Waals surface area contributed by atoms with E-state index in [0.717, 1.165) is 0 Å². The molecule has 0 saturated carbocycles. The van der Waals surface area contributed by atoms with Gasteiger partial charge in [-0.15, -0.1) is 0 Å². The van der Waals surface area contributed by atoms with E-state index in [1.807, 2.05) is 0 Å². The van der Waals surface area contributed by atoms with Crippen molar-refractivity contribution in [2.24, 2.45) is 5.92 Å². The maximum Gasteiger partial charge on any atom is 0.270 e. The fourth-order valence-electron chi connectivity index (χ4n) is 2.80. The Bertz CT molecular complexity index is 1020. The van der Waals surface area contributed by atoms with E-state index < -0.39 is 11.8 Å². The summed E-state index contributed by atoms with van der Waals surface area (Å²) in [7, 11) is 1.54. The van der Waals surface area contributed by atoms with Crippen LogP contribution in [-0.2, 0) is 9.59 Å². The van der Waals surface area contributed by atoms with E-state index in [1.165, 1.54) is 18.1 Å². The van der Waals surface area contributed by atoms with Gasteiger partial charge in [0.15, 0.2) is 16.6 Å². The Morgan fingerprint density at radius 1 is 1.13 bits per heavy atom. The minimum absolute atomic E-state index is 0.0134. The van der Waals surface area contributed by atoms with E-state index in [4.69, 9.17) is 33.3 Å².